The minimum absolute atomic E-state index is 0.0458. The highest BCUT2D eigenvalue weighted by molar-refractivity contribution is 9.10. The summed E-state index contributed by atoms with van der Waals surface area (Å²) in [6.07, 6.45) is 4.49. The third-order valence-electron chi connectivity index (χ3n) is 4.35. The van der Waals surface area contributed by atoms with Crippen LogP contribution >= 0.6 is 15.9 Å². The SMILES string of the molecule is O=Cc1ncnc2c(N3CCC(c4ccc(Br)cc4)C3=O)c[nH]c12. The van der Waals surface area contributed by atoms with Gasteiger partial charge in [0, 0.05) is 17.2 Å². The van der Waals surface area contributed by atoms with Crippen LogP contribution in [0.1, 0.15) is 28.4 Å². The molecule has 1 aliphatic rings. The monoisotopic (exact) mass is 384 g/mol. The molecule has 4 rings (SSSR count). The third-order valence-corrected chi connectivity index (χ3v) is 4.88. The molecule has 3 aromatic rings. The van der Waals surface area contributed by atoms with Crippen LogP contribution in [0.25, 0.3) is 11.0 Å². The van der Waals surface area contributed by atoms with Crippen molar-refractivity contribution in [2.75, 3.05) is 11.4 Å². The van der Waals surface area contributed by atoms with Crippen molar-refractivity contribution >= 4 is 44.8 Å². The predicted molar refractivity (Wildman–Crippen MR) is 93.1 cm³/mol. The van der Waals surface area contributed by atoms with Crippen LogP contribution in [0, 0.1) is 0 Å². The molecule has 6 nitrogen and oxygen atoms in total. The Kier molecular flexibility index (Phi) is 3.65. The first-order chi connectivity index (χ1) is 11.7. The van der Waals surface area contributed by atoms with E-state index in [1.807, 2.05) is 24.3 Å². The number of aromatic amines is 1. The Morgan fingerprint density at radius 1 is 1.25 bits per heavy atom. The molecule has 1 N–H and O–H groups in total. The highest BCUT2D eigenvalue weighted by atomic mass is 79.9. The smallest absolute Gasteiger partial charge is 0.234 e. The van der Waals surface area contributed by atoms with Gasteiger partial charge in [-0.3, -0.25) is 9.59 Å². The van der Waals surface area contributed by atoms with E-state index in [0.717, 1.165) is 16.5 Å². The quantitative estimate of drug-likeness (QED) is 0.703. The summed E-state index contributed by atoms with van der Waals surface area (Å²) in [6.45, 7) is 0.618. The predicted octanol–water partition coefficient (Wildman–Crippen LogP) is 3.05. The minimum atomic E-state index is -0.157. The van der Waals surface area contributed by atoms with E-state index in [4.69, 9.17) is 0 Å². The van der Waals surface area contributed by atoms with Gasteiger partial charge in [0.1, 0.15) is 17.5 Å². The van der Waals surface area contributed by atoms with Crippen molar-refractivity contribution in [1.82, 2.24) is 15.0 Å². The average Bonchev–Trinajstić information content (AvgIpc) is 3.19. The van der Waals surface area contributed by atoms with Crippen molar-refractivity contribution in [2.45, 2.75) is 12.3 Å². The zero-order valence-electron chi connectivity index (χ0n) is 12.6. The number of carbonyl (C=O) groups is 2. The lowest BCUT2D eigenvalue weighted by molar-refractivity contribution is -0.118. The molecule has 1 aromatic carbocycles. The molecule has 0 aliphatic carbocycles. The summed E-state index contributed by atoms with van der Waals surface area (Å²) in [7, 11) is 0. The van der Waals surface area contributed by atoms with Crippen LogP contribution in [0.2, 0.25) is 0 Å². The molecule has 1 aliphatic heterocycles. The van der Waals surface area contributed by atoms with Gasteiger partial charge in [0.2, 0.25) is 5.91 Å². The molecule has 1 amide bonds. The molecule has 1 unspecified atom stereocenters. The number of H-pyrrole nitrogens is 1. The number of rotatable bonds is 3. The van der Waals surface area contributed by atoms with Gasteiger partial charge in [0.05, 0.1) is 17.1 Å². The molecule has 0 saturated carbocycles. The molecule has 1 fully saturated rings. The second-order valence-electron chi connectivity index (χ2n) is 5.66. The first-order valence-corrected chi connectivity index (χ1v) is 8.32. The van der Waals surface area contributed by atoms with Crippen LogP contribution < -0.4 is 4.90 Å². The summed E-state index contributed by atoms with van der Waals surface area (Å²) in [5.41, 5.74) is 3.15. The topological polar surface area (TPSA) is 79.0 Å². The van der Waals surface area contributed by atoms with Crippen molar-refractivity contribution in [3.63, 3.8) is 0 Å². The zero-order chi connectivity index (χ0) is 16.7. The van der Waals surface area contributed by atoms with E-state index < -0.39 is 0 Å². The maximum Gasteiger partial charge on any atom is 0.234 e. The number of carbonyl (C=O) groups excluding carboxylic acids is 2. The first kappa shape index (κ1) is 15.0. The molecular formula is C17H13BrN4O2. The number of hydrogen-bond donors (Lipinski definition) is 1. The van der Waals surface area contributed by atoms with Gasteiger partial charge in [-0.2, -0.15) is 0 Å². The number of hydrogen-bond acceptors (Lipinski definition) is 4. The number of aromatic nitrogens is 3. The number of anilines is 1. The van der Waals surface area contributed by atoms with Crippen LogP contribution in [0.4, 0.5) is 5.69 Å². The number of fused-ring (bicyclic) bond motifs is 1. The Labute approximate surface area is 146 Å². The van der Waals surface area contributed by atoms with Crippen LogP contribution in [-0.4, -0.2) is 33.7 Å². The van der Waals surface area contributed by atoms with Gasteiger partial charge in [-0.25, -0.2) is 9.97 Å². The molecule has 2 aromatic heterocycles. The van der Waals surface area contributed by atoms with Gasteiger partial charge < -0.3 is 9.88 Å². The van der Waals surface area contributed by atoms with E-state index in [9.17, 15) is 9.59 Å². The lowest BCUT2D eigenvalue weighted by Crippen LogP contribution is -2.26. The van der Waals surface area contributed by atoms with Crippen LogP contribution in [0.5, 0.6) is 0 Å². The fourth-order valence-corrected chi connectivity index (χ4v) is 3.43. The summed E-state index contributed by atoms with van der Waals surface area (Å²) >= 11 is 3.41. The van der Waals surface area contributed by atoms with Crippen LogP contribution in [0.3, 0.4) is 0 Å². The Bertz CT molecular complexity index is 935. The number of halogens is 1. The molecule has 3 heterocycles. The highest BCUT2D eigenvalue weighted by Crippen LogP contribution is 2.35. The standard InChI is InChI=1S/C17H13BrN4O2/c18-11-3-1-10(2-4-11)12-5-6-22(17(12)24)14-7-19-15-13(8-23)20-9-21-16(14)15/h1-4,7-9,12,19H,5-6H2. The number of nitrogens with one attached hydrogen (secondary N) is 1. The maximum atomic E-state index is 12.9. The highest BCUT2D eigenvalue weighted by Gasteiger charge is 2.35. The summed E-state index contributed by atoms with van der Waals surface area (Å²) in [5.74, 6) is -0.111. The summed E-state index contributed by atoms with van der Waals surface area (Å²) in [4.78, 5) is 36.9. The number of amides is 1. The molecule has 7 heteroatoms. The lowest BCUT2D eigenvalue weighted by atomic mass is 9.98. The molecule has 1 saturated heterocycles. The third kappa shape index (κ3) is 2.32. The number of aldehydes is 1. The van der Waals surface area contributed by atoms with Gasteiger partial charge in [-0.05, 0) is 24.1 Å². The molecule has 24 heavy (non-hydrogen) atoms. The zero-order valence-corrected chi connectivity index (χ0v) is 14.2. The maximum absolute atomic E-state index is 12.9. The van der Waals surface area contributed by atoms with Crippen LogP contribution in [0.15, 0.2) is 41.3 Å². The Morgan fingerprint density at radius 2 is 2.04 bits per heavy atom. The van der Waals surface area contributed by atoms with Crippen molar-refractivity contribution in [1.29, 1.82) is 0 Å². The molecule has 1 atom stereocenters. The molecule has 120 valence electrons. The Hall–Kier alpha value is -2.54. The molecule has 0 spiro atoms. The number of nitrogens with zero attached hydrogens (tertiary/aromatic N) is 3. The van der Waals surface area contributed by atoms with Crippen molar-refractivity contribution in [2.24, 2.45) is 0 Å². The molecule has 0 radical (unpaired) electrons. The molecular weight excluding hydrogens is 372 g/mol. The van der Waals surface area contributed by atoms with E-state index in [2.05, 4.69) is 30.9 Å². The number of benzene rings is 1. The molecule has 0 bridgehead atoms. The van der Waals surface area contributed by atoms with Gasteiger partial charge in [0.25, 0.3) is 0 Å². The van der Waals surface area contributed by atoms with Crippen LogP contribution in [-0.2, 0) is 4.79 Å². The van der Waals surface area contributed by atoms with Gasteiger partial charge in [-0.1, -0.05) is 28.1 Å². The van der Waals surface area contributed by atoms with Crippen molar-refractivity contribution in [3.8, 4) is 0 Å². The van der Waals surface area contributed by atoms with E-state index >= 15 is 0 Å². The van der Waals surface area contributed by atoms with E-state index in [1.165, 1.54) is 6.33 Å². The van der Waals surface area contributed by atoms with Gasteiger partial charge in [-0.15, -0.1) is 0 Å². The second kappa shape index (κ2) is 5.83. The Balaban J connectivity index is 1.70. The van der Waals surface area contributed by atoms with Gasteiger partial charge in [0.15, 0.2) is 6.29 Å². The first-order valence-electron chi connectivity index (χ1n) is 7.53. The van der Waals surface area contributed by atoms with Crippen molar-refractivity contribution in [3.05, 3.63) is 52.5 Å². The second-order valence-corrected chi connectivity index (χ2v) is 6.57. The average molecular weight is 385 g/mol. The Morgan fingerprint density at radius 3 is 2.79 bits per heavy atom. The normalized spacial score (nSPS) is 17.6. The summed E-state index contributed by atoms with van der Waals surface area (Å²) in [5, 5.41) is 0. The van der Waals surface area contributed by atoms with E-state index in [0.29, 0.717) is 35.2 Å². The summed E-state index contributed by atoms with van der Waals surface area (Å²) < 4.78 is 0.989. The van der Waals surface area contributed by atoms with E-state index in [-0.39, 0.29) is 11.8 Å². The fraction of sp³-hybridized carbons (Fsp3) is 0.176. The van der Waals surface area contributed by atoms with E-state index in [1.54, 1.807) is 11.1 Å². The van der Waals surface area contributed by atoms with Crippen molar-refractivity contribution < 1.29 is 9.59 Å². The largest absolute Gasteiger partial charge is 0.356 e. The lowest BCUT2D eigenvalue weighted by Gasteiger charge is -2.15. The van der Waals surface area contributed by atoms with Gasteiger partial charge >= 0.3 is 0 Å². The summed E-state index contributed by atoms with van der Waals surface area (Å²) in [6, 6.07) is 7.83. The fourth-order valence-electron chi connectivity index (χ4n) is 3.16. The minimum Gasteiger partial charge on any atom is -0.356 e.